The van der Waals surface area contributed by atoms with Gasteiger partial charge < -0.3 is 19.1 Å². The van der Waals surface area contributed by atoms with Crippen molar-refractivity contribution in [2.45, 2.75) is 45.1 Å². The van der Waals surface area contributed by atoms with Gasteiger partial charge in [0.15, 0.2) is 5.78 Å². The Kier molecular flexibility index (Phi) is 5.82. The Bertz CT molecular complexity index is 680. The van der Waals surface area contributed by atoms with E-state index in [9.17, 15) is 9.59 Å². The van der Waals surface area contributed by atoms with Crippen LogP contribution in [0.4, 0.5) is 0 Å². The normalized spacial score (nSPS) is 20.8. The van der Waals surface area contributed by atoms with Crippen LogP contribution in [0.1, 0.15) is 57.9 Å². The molecule has 1 atom stereocenters. The first-order valence-corrected chi connectivity index (χ1v) is 9.68. The lowest BCUT2D eigenvalue weighted by atomic mass is 9.92. The number of fused-ring (bicyclic) bond motifs is 1. The lowest BCUT2D eigenvalue weighted by Gasteiger charge is -2.38. The predicted octanol–water partition coefficient (Wildman–Crippen LogP) is 2.21. The number of Topliss-reactive ketones (excluding diaryl/α,β-unsaturated/α-hetero) is 1. The molecule has 0 bridgehead atoms. The molecular weight excluding hydrogens is 330 g/mol. The molecule has 26 heavy (non-hydrogen) atoms. The van der Waals surface area contributed by atoms with E-state index in [-0.39, 0.29) is 11.7 Å². The zero-order valence-electron chi connectivity index (χ0n) is 16.5. The first-order valence-electron chi connectivity index (χ1n) is 9.68. The number of furan rings is 1. The van der Waals surface area contributed by atoms with Crippen molar-refractivity contribution in [2.75, 3.05) is 47.3 Å². The average molecular weight is 361 g/mol. The molecule has 0 aromatic carbocycles. The van der Waals surface area contributed by atoms with Crippen molar-refractivity contribution >= 4 is 11.7 Å². The molecule has 0 unspecified atom stereocenters. The molecule has 1 aliphatic carbocycles. The van der Waals surface area contributed by atoms with Crippen molar-refractivity contribution in [1.82, 2.24) is 14.7 Å². The van der Waals surface area contributed by atoms with E-state index >= 15 is 0 Å². The number of likely N-dealkylation sites (tertiary alicyclic amines) is 1. The number of ketones is 1. The Labute approximate surface area is 156 Å². The molecule has 2 heterocycles. The minimum Gasteiger partial charge on any atom is -0.465 e. The van der Waals surface area contributed by atoms with Crippen molar-refractivity contribution in [1.29, 1.82) is 0 Å². The number of hydrogen-bond donors (Lipinski definition) is 0. The summed E-state index contributed by atoms with van der Waals surface area (Å²) >= 11 is 0. The zero-order chi connectivity index (χ0) is 18.8. The Hall–Kier alpha value is -1.66. The molecule has 1 aliphatic heterocycles. The molecule has 2 aliphatic rings. The largest absolute Gasteiger partial charge is 0.465 e. The molecule has 0 spiro atoms. The van der Waals surface area contributed by atoms with Crippen LogP contribution in [-0.2, 0) is 6.42 Å². The highest BCUT2D eigenvalue weighted by Gasteiger charge is 2.34. The maximum absolute atomic E-state index is 13.2. The van der Waals surface area contributed by atoms with Crippen LogP contribution in [0.2, 0.25) is 0 Å². The van der Waals surface area contributed by atoms with Crippen LogP contribution in [0.15, 0.2) is 4.42 Å². The van der Waals surface area contributed by atoms with Gasteiger partial charge in [0.2, 0.25) is 0 Å². The quantitative estimate of drug-likeness (QED) is 0.805. The molecule has 0 N–H and O–H groups in total. The van der Waals surface area contributed by atoms with E-state index in [4.69, 9.17) is 4.42 Å². The number of aryl methyl sites for hydroxylation is 2. The van der Waals surface area contributed by atoms with Crippen LogP contribution in [0.25, 0.3) is 0 Å². The summed E-state index contributed by atoms with van der Waals surface area (Å²) in [7, 11) is 6.29. The fraction of sp³-hybridized carbons (Fsp3) is 0.700. The maximum atomic E-state index is 13.2. The van der Waals surface area contributed by atoms with Crippen molar-refractivity contribution in [2.24, 2.45) is 0 Å². The summed E-state index contributed by atoms with van der Waals surface area (Å²) in [4.78, 5) is 32.0. The Morgan fingerprint density at radius 2 is 1.96 bits per heavy atom. The van der Waals surface area contributed by atoms with Crippen LogP contribution in [0, 0.1) is 6.92 Å². The lowest BCUT2D eigenvalue weighted by molar-refractivity contribution is 0.0599. The summed E-state index contributed by atoms with van der Waals surface area (Å²) < 4.78 is 5.77. The third-order valence-electron chi connectivity index (χ3n) is 5.66. The fourth-order valence-corrected chi connectivity index (χ4v) is 4.06. The van der Waals surface area contributed by atoms with Gasteiger partial charge in [0.25, 0.3) is 5.91 Å². The second kappa shape index (κ2) is 7.92. The van der Waals surface area contributed by atoms with E-state index < -0.39 is 0 Å². The number of amides is 1. The van der Waals surface area contributed by atoms with Gasteiger partial charge in [-0.25, -0.2) is 0 Å². The SMILES string of the molecule is Cc1oc2c(c1C(=O)N1CCC[C@H](N(C)CCN(C)C)C1)C(=O)CCC2. The summed E-state index contributed by atoms with van der Waals surface area (Å²) in [5.41, 5.74) is 1.07. The third kappa shape index (κ3) is 3.86. The van der Waals surface area contributed by atoms with E-state index in [0.717, 1.165) is 51.9 Å². The molecule has 1 amide bonds. The number of carbonyl (C=O) groups excluding carboxylic acids is 2. The summed E-state index contributed by atoms with van der Waals surface area (Å²) in [6.07, 6.45) is 4.19. The van der Waals surface area contributed by atoms with Crippen molar-refractivity contribution < 1.29 is 14.0 Å². The van der Waals surface area contributed by atoms with Gasteiger partial charge >= 0.3 is 0 Å². The zero-order valence-corrected chi connectivity index (χ0v) is 16.5. The number of piperidine rings is 1. The molecular formula is C20H31N3O3. The first-order chi connectivity index (χ1) is 12.4. The fourth-order valence-electron chi connectivity index (χ4n) is 4.06. The van der Waals surface area contributed by atoms with Crippen molar-refractivity contribution in [3.05, 3.63) is 22.6 Å². The molecule has 6 heteroatoms. The van der Waals surface area contributed by atoms with Gasteiger partial charge in [-0.05, 0) is 47.3 Å². The van der Waals surface area contributed by atoms with E-state index in [1.807, 2.05) is 11.8 Å². The molecule has 6 nitrogen and oxygen atoms in total. The van der Waals surface area contributed by atoms with Crippen molar-refractivity contribution in [3.63, 3.8) is 0 Å². The van der Waals surface area contributed by atoms with E-state index in [0.29, 0.717) is 35.1 Å². The van der Waals surface area contributed by atoms with Crippen LogP contribution in [0.3, 0.4) is 0 Å². The van der Waals surface area contributed by atoms with Gasteiger partial charge in [0, 0.05) is 45.1 Å². The summed E-state index contributed by atoms with van der Waals surface area (Å²) in [6.45, 7) is 5.27. The van der Waals surface area contributed by atoms with Gasteiger partial charge in [-0.2, -0.15) is 0 Å². The minimum absolute atomic E-state index is 0.0338. The third-order valence-corrected chi connectivity index (χ3v) is 5.66. The van der Waals surface area contributed by atoms with Gasteiger partial charge in [-0.15, -0.1) is 0 Å². The number of rotatable bonds is 5. The summed E-state index contributed by atoms with van der Waals surface area (Å²) in [5, 5.41) is 0. The highest BCUT2D eigenvalue weighted by Crippen LogP contribution is 2.31. The van der Waals surface area contributed by atoms with Crippen molar-refractivity contribution in [3.8, 4) is 0 Å². The Balaban J connectivity index is 1.74. The number of carbonyl (C=O) groups is 2. The molecule has 3 rings (SSSR count). The average Bonchev–Trinajstić information content (AvgIpc) is 2.96. The minimum atomic E-state index is -0.0338. The lowest BCUT2D eigenvalue weighted by Crippen LogP contribution is -2.50. The second-order valence-electron chi connectivity index (χ2n) is 7.94. The number of nitrogens with zero attached hydrogens (tertiary/aromatic N) is 3. The van der Waals surface area contributed by atoms with Crippen LogP contribution in [0.5, 0.6) is 0 Å². The van der Waals surface area contributed by atoms with E-state index in [1.54, 1.807) is 0 Å². The molecule has 1 saturated heterocycles. The highest BCUT2D eigenvalue weighted by atomic mass is 16.3. The molecule has 1 aromatic rings. The van der Waals surface area contributed by atoms with Crippen LogP contribution >= 0.6 is 0 Å². The predicted molar refractivity (Wildman–Crippen MR) is 101 cm³/mol. The number of hydrogen-bond acceptors (Lipinski definition) is 5. The van der Waals surface area contributed by atoms with E-state index in [2.05, 4.69) is 30.9 Å². The standard InChI is InChI=1S/C20H31N3O3/c1-14-18(19-16(24)8-5-9-17(19)26-14)20(25)23-10-6-7-15(13-23)22(4)12-11-21(2)3/h15H,5-13H2,1-4H3/t15-/m0/s1. The molecule has 144 valence electrons. The van der Waals surface area contributed by atoms with Gasteiger partial charge in [0.05, 0.1) is 11.1 Å². The first kappa shape index (κ1) is 19.1. The molecule has 0 saturated carbocycles. The Morgan fingerprint density at radius 3 is 2.69 bits per heavy atom. The van der Waals surface area contributed by atoms with Crippen LogP contribution in [-0.4, -0.2) is 79.8 Å². The van der Waals surface area contributed by atoms with Gasteiger partial charge in [0.1, 0.15) is 11.5 Å². The smallest absolute Gasteiger partial charge is 0.258 e. The summed E-state index contributed by atoms with van der Waals surface area (Å²) in [6, 6.07) is 0.367. The molecule has 1 fully saturated rings. The van der Waals surface area contributed by atoms with Gasteiger partial charge in [-0.3, -0.25) is 9.59 Å². The molecule has 0 radical (unpaired) electrons. The Morgan fingerprint density at radius 1 is 1.19 bits per heavy atom. The van der Waals surface area contributed by atoms with E-state index in [1.165, 1.54) is 0 Å². The van der Waals surface area contributed by atoms with Crippen LogP contribution < -0.4 is 0 Å². The monoisotopic (exact) mass is 361 g/mol. The topological polar surface area (TPSA) is 57.0 Å². The number of likely N-dealkylation sites (N-methyl/N-ethyl adjacent to an activating group) is 2. The highest BCUT2D eigenvalue weighted by molar-refractivity contribution is 6.10. The second-order valence-corrected chi connectivity index (χ2v) is 7.94. The van der Waals surface area contributed by atoms with Gasteiger partial charge in [-0.1, -0.05) is 0 Å². The summed E-state index contributed by atoms with van der Waals surface area (Å²) in [5.74, 6) is 1.33. The molecule has 1 aromatic heterocycles. The maximum Gasteiger partial charge on any atom is 0.258 e.